The molecule has 0 amide bonds. The van der Waals surface area contributed by atoms with Gasteiger partial charge in [-0.25, -0.2) is 4.98 Å². The van der Waals surface area contributed by atoms with Crippen molar-refractivity contribution in [2.75, 3.05) is 37.0 Å². The first kappa shape index (κ1) is 19.5. The summed E-state index contributed by atoms with van der Waals surface area (Å²) in [6, 6.07) is 17.8. The molecule has 3 rings (SSSR count). The highest BCUT2D eigenvalue weighted by Crippen LogP contribution is 2.24. The standard InChI is InChI=1S/C22H26N4O2/c1-4-26(18-7-5-6-17(2)16-18)21-12-13-23-22(25-21)24-14-15-28-20-10-8-19(27-3)9-11-20/h5-13,16H,4,14-15H2,1-3H3,(H,23,24,25). The molecule has 0 fully saturated rings. The van der Waals surface area contributed by atoms with E-state index in [9.17, 15) is 0 Å². The predicted molar refractivity (Wildman–Crippen MR) is 113 cm³/mol. The van der Waals surface area contributed by atoms with Gasteiger partial charge >= 0.3 is 0 Å². The fourth-order valence-corrected chi connectivity index (χ4v) is 2.86. The van der Waals surface area contributed by atoms with Crippen molar-refractivity contribution in [3.63, 3.8) is 0 Å². The highest BCUT2D eigenvalue weighted by Gasteiger charge is 2.10. The lowest BCUT2D eigenvalue weighted by Gasteiger charge is -2.22. The van der Waals surface area contributed by atoms with E-state index in [2.05, 4.69) is 58.3 Å². The van der Waals surface area contributed by atoms with Crippen LogP contribution in [0.4, 0.5) is 17.5 Å². The highest BCUT2D eigenvalue weighted by atomic mass is 16.5. The Morgan fingerprint density at radius 3 is 2.54 bits per heavy atom. The van der Waals surface area contributed by atoms with Gasteiger partial charge in [0.05, 0.1) is 13.7 Å². The molecule has 2 aromatic carbocycles. The Balaban J connectivity index is 1.58. The summed E-state index contributed by atoms with van der Waals surface area (Å²) in [6.07, 6.45) is 1.77. The molecule has 3 aromatic rings. The molecule has 0 unspecified atom stereocenters. The number of ether oxygens (including phenoxy) is 2. The van der Waals surface area contributed by atoms with Gasteiger partial charge in [0.15, 0.2) is 0 Å². The Hall–Kier alpha value is -3.28. The maximum atomic E-state index is 5.72. The van der Waals surface area contributed by atoms with Crippen LogP contribution in [-0.2, 0) is 0 Å². The summed E-state index contributed by atoms with van der Waals surface area (Å²) >= 11 is 0. The number of aromatic nitrogens is 2. The third-order valence-corrected chi connectivity index (χ3v) is 4.26. The number of hydrogen-bond donors (Lipinski definition) is 1. The molecule has 0 spiro atoms. The largest absolute Gasteiger partial charge is 0.497 e. The molecular formula is C22H26N4O2. The molecule has 0 aliphatic rings. The molecule has 0 aliphatic carbocycles. The molecule has 0 saturated heterocycles. The smallest absolute Gasteiger partial charge is 0.224 e. The number of aryl methyl sites for hydroxylation is 1. The molecule has 0 saturated carbocycles. The maximum Gasteiger partial charge on any atom is 0.224 e. The van der Waals surface area contributed by atoms with Crippen molar-refractivity contribution in [2.24, 2.45) is 0 Å². The number of hydrogen-bond acceptors (Lipinski definition) is 6. The minimum absolute atomic E-state index is 0.509. The first-order valence-electron chi connectivity index (χ1n) is 9.37. The normalized spacial score (nSPS) is 10.4. The van der Waals surface area contributed by atoms with E-state index in [1.54, 1.807) is 13.3 Å². The Bertz CT molecular complexity index is 884. The molecule has 6 nitrogen and oxygen atoms in total. The van der Waals surface area contributed by atoms with Crippen LogP contribution in [0.5, 0.6) is 11.5 Å². The van der Waals surface area contributed by atoms with Crippen LogP contribution in [0.2, 0.25) is 0 Å². The summed E-state index contributed by atoms with van der Waals surface area (Å²) in [5, 5.41) is 3.22. The van der Waals surface area contributed by atoms with Crippen LogP contribution >= 0.6 is 0 Å². The van der Waals surface area contributed by atoms with Gasteiger partial charge in [-0.1, -0.05) is 12.1 Å². The van der Waals surface area contributed by atoms with E-state index in [-0.39, 0.29) is 0 Å². The van der Waals surface area contributed by atoms with Crippen molar-refractivity contribution in [3.8, 4) is 11.5 Å². The van der Waals surface area contributed by atoms with Crippen LogP contribution in [0.15, 0.2) is 60.8 Å². The lowest BCUT2D eigenvalue weighted by atomic mass is 10.2. The van der Waals surface area contributed by atoms with Crippen molar-refractivity contribution in [1.82, 2.24) is 9.97 Å². The monoisotopic (exact) mass is 378 g/mol. The minimum Gasteiger partial charge on any atom is -0.497 e. The van der Waals surface area contributed by atoms with E-state index in [1.807, 2.05) is 30.3 Å². The third-order valence-electron chi connectivity index (χ3n) is 4.26. The number of nitrogens with one attached hydrogen (secondary N) is 1. The van der Waals surface area contributed by atoms with Gasteiger partial charge < -0.3 is 19.7 Å². The molecule has 0 atom stereocenters. The summed E-state index contributed by atoms with van der Waals surface area (Å²) in [5.41, 5.74) is 2.34. The van der Waals surface area contributed by atoms with Crippen LogP contribution in [0.1, 0.15) is 12.5 Å². The summed E-state index contributed by atoms with van der Waals surface area (Å²) < 4.78 is 10.9. The Morgan fingerprint density at radius 1 is 1.04 bits per heavy atom. The van der Waals surface area contributed by atoms with E-state index in [1.165, 1.54) is 5.56 Å². The molecular weight excluding hydrogens is 352 g/mol. The predicted octanol–water partition coefficient (Wildman–Crippen LogP) is 4.44. The number of nitrogens with zero attached hydrogens (tertiary/aromatic N) is 3. The van der Waals surface area contributed by atoms with Crippen molar-refractivity contribution >= 4 is 17.5 Å². The second kappa shape index (κ2) is 9.60. The summed E-state index contributed by atoms with van der Waals surface area (Å²) in [4.78, 5) is 11.1. The molecule has 0 radical (unpaired) electrons. The summed E-state index contributed by atoms with van der Waals surface area (Å²) in [6.45, 7) is 6.13. The van der Waals surface area contributed by atoms with E-state index in [0.29, 0.717) is 19.1 Å². The lowest BCUT2D eigenvalue weighted by Crippen LogP contribution is -2.19. The molecule has 28 heavy (non-hydrogen) atoms. The van der Waals surface area contributed by atoms with E-state index < -0.39 is 0 Å². The van der Waals surface area contributed by atoms with Crippen molar-refractivity contribution in [3.05, 3.63) is 66.4 Å². The molecule has 0 bridgehead atoms. The summed E-state index contributed by atoms with van der Waals surface area (Å²) in [5.74, 6) is 3.06. The molecule has 146 valence electrons. The first-order chi connectivity index (χ1) is 13.7. The summed E-state index contributed by atoms with van der Waals surface area (Å²) in [7, 11) is 1.65. The number of benzene rings is 2. The van der Waals surface area contributed by atoms with Crippen LogP contribution in [0.25, 0.3) is 0 Å². The second-order valence-corrected chi connectivity index (χ2v) is 6.27. The molecule has 0 aliphatic heterocycles. The third kappa shape index (κ3) is 5.13. The van der Waals surface area contributed by atoms with E-state index in [4.69, 9.17) is 9.47 Å². The SMILES string of the molecule is CCN(c1cccc(C)c1)c1ccnc(NCCOc2ccc(OC)cc2)n1. The Kier molecular flexibility index (Phi) is 6.68. The van der Waals surface area contributed by atoms with Gasteiger partial charge in [-0.05, 0) is 61.9 Å². The lowest BCUT2D eigenvalue weighted by molar-refractivity contribution is 0.331. The number of rotatable bonds is 9. The van der Waals surface area contributed by atoms with E-state index >= 15 is 0 Å². The van der Waals surface area contributed by atoms with Gasteiger partial charge in [0, 0.05) is 18.4 Å². The van der Waals surface area contributed by atoms with Crippen LogP contribution in [0, 0.1) is 6.92 Å². The van der Waals surface area contributed by atoms with E-state index in [0.717, 1.165) is 29.5 Å². The average Bonchev–Trinajstić information content (AvgIpc) is 2.73. The fourth-order valence-electron chi connectivity index (χ4n) is 2.86. The zero-order chi connectivity index (χ0) is 19.8. The zero-order valence-electron chi connectivity index (χ0n) is 16.6. The van der Waals surface area contributed by atoms with Crippen LogP contribution in [0.3, 0.4) is 0 Å². The van der Waals surface area contributed by atoms with Crippen LogP contribution < -0.4 is 19.7 Å². The van der Waals surface area contributed by atoms with Gasteiger partial charge in [0.25, 0.3) is 0 Å². The van der Waals surface area contributed by atoms with Gasteiger partial charge in [0.1, 0.15) is 23.9 Å². The van der Waals surface area contributed by atoms with Crippen molar-refractivity contribution in [1.29, 1.82) is 0 Å². The number of methoxy groups -OCH3 is 1. The van der Waals surface area contributed by atoms with Gasteiger partial charge in [-0.2, -0.15) is 4.98 Å². The zero-order valence-corrected chi connectivity index (χ0v) is 16.6. The second-order valence-electron chi connectivity index (χ2n) is 6.27. The minimum atomic E-state index is 0.509. The van der Waals surface area contributed by atoms with Crippen LogP contribution in [-0.4, -0.2) is 36.8 Å². The topological polar surface area (TPSA) is 59.5 Å². The van der Waals surface area contributed by atoms with Crippen molar-refractivity contribution < 1.29 is 9.47 Å². The van der Waals surface area contributed by atoms with Gasteiger partial charge in [-0.3, -0.25) is 0 Å². The Morgan fingerprint density at radius 2 is 1.82 bits per heavy atom. The molecule has 1 heterocycles. The number of anilines is 3. The van der Waals surface area contributed by atoms with Gasteiger partial charge in [-0.15, -0.1) is 0 Å². The van der Waals surface area contributed by atoms with Crippen molar-refractivity contribution in [2.45, 2.75) is 13.8 Å². The van der Waals surface area contributed by atoms with Gasteiger partial charge in [0.2, 0.25) is 5.95 Å². The quantitative estimate of drug-likeness (QED) is 0.556. The Labute approximate surface area is 166 Å². The highest BCUT2D eigenvalue weighted by molar-refractivity contribution is 5.61. The fraction of sp³-hybridized carbons (Fsp3) is 0.273. The molecule has 1 aromatic heterocycles. The average molecular weight is 378 g/mol. The first-order valence-corrected chi connectivity index (χ1v) is 9.37. The molecule has 1 N–H and O–H groups in total. The maximum absolute atomic E-state index is 5.72. The molecule has 6 heteroatoms.